The molecule has 0 aromatic rings. The van der Waals surface area contributed by atoms with E-state index in [0.717, 1.165) is 12.8 Å². The van der Waals surface area contributed by atoms with E-state index in [1.165, 1.54) is 39.0 Å². The maximum Gasteiger partial charge on any atom is 1.00 e. The first-order chi connectivity index (χ1) is 8.88. The van der Waals surface area contributed by atoms with Gasteiger partial charge >= 0.3 is 29.6 Å². The van der Waals surface area contributed by atoms with Gasteiger partial charge in [-0.15, -0.1) is 0 Å². The summed E-state index contributed by atoms with van der Waals surface area (Å²) in [6.07, 6.45) is 9.29. The van der Waals surface area contributed by atoms with Crippen molar-refractivity contribution in [2.24, 2.45) is 0 Å². The van der Waals surface area contributed by atoms with Crippen LogP contribution < -0.4 is 29.6 Å². The van der Waals surface area contributed by atoms with Gasteiger partial charge in [-0.2, -0.15) is 0 Å². The van der Waals surface area contributed by atoms with E-state index in [2.05, 4.69) is 6.92 Å². The van der Waals surface area contributed by atoms with E-state index >= 15 is 0 Å². The van der Waals surface area contributed by atoms with Gasteiger partial charge in [-0.05, 0) is 26.2 Å². The molecule has 0 fully saturated rings. The summed E-state index contributed by atoms with van der Waals surface area (Å²) in [5, 5.41) is 8.82. The van der Waals surface area contributed by atoms with Crippen LogP contribution in [0.5, 0.6) is 0 Å². The van der Waals surface area contributed by atoms with Gasteiger partial charge in [-0.25, -0.2) is 8.42 Å². The fourth-order valence-electron chi connectivity index (χ4n) is 2.05. The van der Waals surface area contributed by atoms with Crippen LogP contribution in [-0.4, -0.2) is 29.4 Å². The van der Waals surface area contributed by atoms with Crippen molar-refractivity contribution in [1.82, 2.24) is 0 Å². The van der Waals surface area contributed by atoms with E-state index in [9.17, 15) is 18.1 Å². The van der Waals surface area contributed by atoms with Gasteiger partial charge in [0.15, 0.2) is 0 Å². The second kappa shape index (κ2) is 13.5. The maximum absolute atomic E-state index is 10.7. The molecule has 2 atom stereocenters. The normalized spacial score (nSPS) is 14.6. The van der Waals surface area contributed by atoms with Crippen LogP contribution in [0.4, 0.5) is 0 Å². The number of rotatable bonds is 12. The number of aliphatic hydroxyl groups excluding tert-OH is 1. The van der Waals surface area contributed by atoms with Crippen LogP contribution in [0, 0.1) is 0 Å². The monoisotopic (exact) mass is 316 g/mol. The molecule has 0 aliphatic rings. The summed E-state index contributed by atoms with van der Waals surface area (Å²) in [7, 11) is -4.20. The third kappa shape index (κ3) is 13.8. The first-order valence-corrected chi connectivity index (χ1v) is 8.97. The Balaban J connectivity index is 0. The summed E-state index contributed by atoms with van der Waals surface area (Å²) in [5.74, 6) is 0. The molecule has 0 aliphatic heterocycles. The van der Waals surface area contributed by atoms with Crippen molar-refractivity contribution in [1.29, 1.82) is 0 Å². The summed E-state index contributed by atoms with van der Waals surface area (Å²) in [6.45, 7) is 3.60. The number of unbranched alkanes of at least 4 members (excludes halogenated alkanes) is 6. The van der Waals surface area contributed by atoms with Gasteiger partial charge in [-0.3, -0.25) is 0 Å². The molecule has 6 heteroatoms. The molecule has 0 heterocycles. The first kappa shape index (κ1) is 23.1. The minimum atomic E-state index is -4.20. The molecule has 0 bridgehead atoms. The molecule has 116 valence electrons. The van der Waals surface area contributed by atoms with Crippen molar-refractivity contribution in [3.63, 3.8) is 0 Å². The SMILES string of the molecule is CCCCCCCCCC(O)CCC(C)S(=O)(=O)[O-].[Na+]. The Bertz CT molecular complexity index is 306. The molecule has 0 saturated heterocycles. The van der Waals surface area contributed by atoms with E-state index < -0.39 is 21.5 Å². The topological polar surface area (TPSA) is 77.4 Å². The van der Waals surface area contributed by atoms with E-state index in [4.69, 9.17) is 0 Å². The summed E-state index contributed by atoms with van der Waals surface area (Å²) in [5.41, 5.74) is 0. The fraction of sp³-hybridized carbons (Fsp3) is 1.00. The number of hydrogen-bond donors (Lipinski definition) is 1. The van der Waals surface area contributed by atoms with Gasteiger partial charge in [0.1, 0.15) is 0 Å². The molecular formula is C14H29NaO4S. The molecule has 0 saturated carbocycles. The Labute approximate surface area is 146 Å². The van der Waals surface area contributed by atoms with Crippen LogP contribution >= 0.6 is 0 Å². The third-order valence-corrected chi connectivity index (χ3v) is 4.76. The molecule has 0 spiro atoms. The smallest absolute Gasteiger partial charge is 0.748 e. The molecule has 4 nitrogen and oxygen atoms in total. The number of aliphatic hydroxyl groups is 1. The van der Waals surface area contributed by atoms with Crippen molar-refractivity contribution < 1.29 is 47.6 Å². The predicted molar refractivity (Wildman–Crippen MR) is 77.0 cm³/mol. The Morgan fingerprint density at radius 2 is 1.45 bits per heavy atom. The zero-order valence-electron chi connectivity index (χ0n) is 13.3. The standard InChI is InChI=1S/C14H30O4S.Na/c1-3-4-5-6-7-8-9-10-14(15)12-11-13(2)19(16,17)18;/h13-15H,3-12H2,1-2H3,(H,16,17,18);/q;+1/p-1. The average Bonchev–Trinajstić information content (AvgIpc) is 2.33. The molecule has 0 amide bonds. The number of hydrogen-bond acceptors (Lipinski definition) is 4. The predicted octanol–water partition coefficient (Wildman–Crippen LogP) is 0.206. The van der Waals surface area contributed by atoms with E-state index in [1.54, 1.807) is 0 Å². The maximum atomic E-state index is 10.7. The van der Waals surface area contributed by atoms with Crippen LogP contribution in [0.15, 0.2) is 0 Å². The molecule has 20 heavy (non-hydrogen) atoms. The van der Waals surface area contributed by atoms with Crippen molar-refractivity contribution >= 4 is 10.1 Å². The quantitative estimate of drug-likeness (QED) is 0.317. The van der Waals surface area contributed by atoms with Gasteiger partial charge in [0.2, 0.25) is 0 Å². The minimum Gasteiger partial charge on any atom is -0.748 e. The van der Waals surface area contributed by atoms with Crippen LogP contribution in [0.2, 0.25) is 0 Å². The molecular weight excluding hydrogens is 287 g/mol. The summed E-state index contributed by atoms with van der Waals surface area (Å²) < 4.78 is 32.1. The molecule has 1 N–H and O–H groups in total. The molecule has 0 aromatic carbocycles. The van der Waals surface area contributed by atoms with Crippen LogP contribution in [0.3, 0.4) is 0 Å². The van der Waals surface area contributed by atoms with E-state index in [0.29, 0.717) is 12.8 Å². The molecule has 0 rings (SSSR count). The van der Waals surface area contributed by atoms with Crippen molar-refractivity contribution in [3.8, 4) is 0 Å². The zero-order chi connectivity index (χ0) is 14.7. The second-order valence-electron chi connectivity index (χ2n) is 5.44. The largest absolute Gasteiger partial charge is 1.00 e. The zero-order valence-corrected chi connectivity index (χ0v) is 16.1. The van der Waals surface area contributed by atoms with Crippen LogP contribution in [-0.2, 0) is 10.1 Å². The van der Waals surface area contributed by atoms with Crippen molar-refractivity contribution in [3.05, 3.63) is 0 Å². The fourth-order valence-corrected chi connectivity index (χ4v) is 2.48. The van der Waals surface area contributed by atoms with Crippen molar-refractivity contribution in [2.45, 2.75) is 89.4 Å². The molecule has 2 unspecified atom stereocenters. The molecule has 0 aliphatic carbocycles. The minimum absolute atomic E-state index is 0. The van der Waals surface area contributed by atoms with Gasteiger partial charge < -0.3 is 9.66 Å². The summed E-state index contributed by atoms with van der Waals surface area (Å²) in [4.78, 5) is 0. The van der Waals surface area contributed by atoms with Crippen LogP contribution in [0.25, 0.3) is 0 Å². The Hall–Kier alpha value is 0.870. The molecule has 0 aromatic heterocycles. The first-order valence-electron chi connectivity index (χ1n) is 7.50. The van der Waals surface area contributed by atoms with Gasteiger partial charge in [0, 0.05) is 5.25 Å². The van der Waals surface area contributed by atoms with Crippen LogP contribution in [0.1, 0.15) is 78.1 Å². The Morgan fingerprint density at radius 3 is 1.95 bits per heavy atom. The summed E-state index contributed by atoms with van der Waals surface area (Å²) in [6, 6.07) is 0. The Kier molecular flexibility index (Phi) is 15.7. The summed E-state index contributed by atoms with van der Waals surface area (Å²) >= 11 is 0. The Morgan fingerprint density at radius 1 is 0.950 bits per heavy atom. The second-order valence-corrected chi connectivity index (χ2v) is 7.23. The molecule has 0 radical (unpaired) electrons. The van der Waals surface area contributed by atoms with Gasteiger partial charge in [0.05, 0.1) is 16.2 Å². The van der Waals surface area contributed by atoms with Crippen molar-refractivity contribution in [2.75, 3.05) is 0 Å². The van der Waals surface area contributed by atoms with Gasteiger partial charge in [-0.1, -0.05) is 51.9 Å². The average molecular weight is 316 g/mol. The van der Waals surface area contributed by atoms with Gasteiger partial charge in [0.25, 0.3) is 0 Å². The third-order valence-electron chi connectivity index (χ3n) is 3.54. The van der Waals surface area contributed by atoms with E-state index in [-0.39, 0.29) is 36.0 Å². The van der Waals surface area contributed by atoms with E-state index in [1.807, 2.05) is 0 Å².